The highest BCUT2D eigenvalue weighted by atomic mass is 19.1. The predicted molar refractivity (Wildman–Crippen MR) is 144 cm³/mol. The Hall–Kier alpha value is -3.02. The molecule has 204 valence electrons. The van der Waals surface area contributed by atoms with Crippen LogP contribution in [0.3, 0.4) is 0 Å². The number of carbonyl (C=O) groups excluding carboxylic acids is 3. The third-order valence-electron chi connectivity index (χ3n) is 7.86. The van der Waals surface area contributed by atoms with E-state index in [1.807, 2.05) is 13.8 Å². The van der Waals surface area contributed by atoms with Gasteiger partial charge in [0, 0.05) is 29.9 Å². The van der Waals surface area contributed by atoms with E-state index in [4.69, 9.17) is 4.74 Å². The first kappa shape index (κ1) is 28.0. The van der Waals surface area contributed by atoms with Gasteiger partial charge in [-0.3, -0.25) is 14.4 Å². The zero-order chi connectivity index (χ0) is 27.4. The highest BCUT2D eigenvalue weighted by Gasteiger charge is 2.49. The fourth-order valence-corrected chi connectivity index (χ4v) is 5.92. The molecule has 0 saturated carbocycles. The second-order valence-electron chi connectivity index (χ2n) is 11.7. The molecule has 1 aromatic rings. The van der Waals surface area contributed by atoms with Crippen LogP contribution < -0.4 is 0 Å². The molecule has 0 saturated heterocycles. The van der Waals surface area contributed by atoms with E-state index in [1.54, 1.807) is 6.07 Å². The lowest BCUT2D eigenvalue weighted by atomic mass is 9.68. The molecule has 3 aliphatic rings. The Labute approximate surface area is 224 Å². The van der Waals surface area contributed by atoms with Crippen molar-refractivity contribution in [3.8, 4) is 0 Å². The Morgan fingerprint density at radius 1 is 0.921 bits per heavy atom. The van der Waals surface area contributed by atoms with E-state index in [0.717, 1.165) is 19.3 Å². The number of aliphatic hydroxyl groups excluding tert-OH is 1. The fraction of sp³-hybridized carbons (Fsp3) is 0.531. The average Bonchev–Trinajstić information content (AvgIpc) is 2.86. The van der Waals surface area contributed by atoms with Gasteiger partial charge in [0.2, 0.25) is 11.6 Å². The van der Waals surface area contributed by atoms with Gasteiger partial charge >= 0.3 is 0 Å². The van der Waals surface area contributed by atoms with Crippen LogP contribution in [0.25, 0.3) is 0 Å². The molecule has 5 nitrogen and oxygen atoms in total. The minimum absolute atomic E-state index is 0.0688. The van der Waals surface area contributed by atoms with Gasteiger partial charge in [0.25, 0.3) is 0 Å². The van der Waals surface area contributed by atoms with E-state index >= 15 is 0 Å². The summed E-state index contributed by atoms with van der Waals surface area (Å²) < 4.78 is 20.3. The van der Waals surface area contributed by atoms with Crippen molar-refractivity contribution in [2.75, 3.05) is 0 Å². The maximum atomic E-state index is 14.2. The summed E-state index contributed by atoms with van der Waals surface area (Å²) in [7, 11) is 0. The van der Waals surface area contributed by atoms with E-state index in [0.29, 0.717) is 24.2 Å². The molecule has 1 unspecified atom stereocenters. The van der Waals surface area contributed by atoms with Gasteiger partial charge in [-0.2, -0.15) is 0 Å². The fourth-order valence-electron chi connectivity index (χ4n) is 5.92. The SMILES string of the molecule is CCCCCCCCCCCC1=C(O)C(=O)C2=C(OC3=C(C(=O)CC(C)(C)C3)C2c2cccc(F)c2)C1=O. The van der Waals surface area contributed by atoms with E-state index in [2.05, 4.69) is 6.92 Å². The normalized spacial score (nSPS) is 21.1. The Kier molecular flexibility index (Phi) is 8.69. The van der Waals surface area contributed by atoms with Gasteiger partial charge in [-0.1, -0.05) is 84.3 Å². The lowest BCUT2D eigenvalue weighted by molar-refractivity contribution is -0.122. The third kappa shape index (κ3) is 5.84. The van der Waals surface area contributed by atoms with Crippen molar-refractivity contribution in [3.63, 3.8) is 0 Å². The summed E-state index contributed by atoms with van der Waals surface area (Å²) in [5.74, 6) is -3.23. The summed E-state index contributed by atoms with van der Waals surface area (Å²) in [5, 5.41) is 10.9. The van der Waals surface area contributed by atoms with Gasteiger partial charge < -0.3 is 9.84 Å². The molecule has 6 heteroatoms. The van der Waals surface area contributed by atoms with Gasteiger partial charge in [-0.15, -0.1) is 0 Å². The number of carbonyl (C=O) groups is 3. The summed E-state index contributed by atoms with van der Waals surface area (Å²) in [6, 6.07) is 5.71. The number of allylic oxidation sites excluding steroid dienone is 4. The second kappa shape index (κ2) is 11.8. The molecule has 1 heterocycles. The molecule has 1 aliphatic heterocycles. The van der Waals surface area contributed by atoms with Crippen molar-refractivity contribution >= 4 is 17.3 Å². The Balaban J connectivity index is 1.56. The van der Waals surface area contributed by atoms with Gasteiger partial charge in [0.15, 0.2) is 17.3 Å². The molecule has 38 heavy (non-hydrogen) atoms. The lowest BCUT2D eigenvalue weighted by Gasteiger charge is -2.39. The summed E-state index contributed by atoms with van der Waals surface area (Å²) in [6.45, 7) is 6.10. The van der Waals surface area contributed by atoms with Crippen LogP contribution in [0.15, 0.2) is 58.3 Å². The van der Waals surface area contributed by atoms with E-state index < -0.39 is 29.1 Å². The number of unbranched alkanes of at least 4 members (excludes halogenated alkanes) is 8. The first-order valence-corrected chi connectivity index (χ1v) is 14.1. The monoisotopic (exact) mass is 522 g/mol. The van der Waals surface area contributed by atoms with Crippen LogP contribution in [0, 0.1) is 11.2 Å². The molecule has 0 bridgehead atoms. The number of Topliss-reactive ketones (excluding diaryl/α,β-unsaturated/α-hetero) is 3. The van der Waals surface area contributed by atoms with Crippen LogP contribution in [0.1, 0.15) is 109 Å². The highest BCUT2D eigenvalue weighted by Crippen LogP contribution is 2.51. The van der Waals surface area contributed by atoms with Gasteiger partial charge in [-0.05, 0) is 36.0 Å². The van der Waals surface area contributed by atoms with Crippen LogP contribution in [0.2, 0.25) is 0 Å². The zero-order valence-electron chi connectivity index (χ0n) is 22.8. The molecule has 2 aliphatic carbocycles. The molecule has 0 fully saturated rings. The number of ketones is 3. The topological polar surface area (TPSA) is 80.7 Å². The van der Waals surface area contributed by atoms with Gasteiger partial charge in [-0.25, -0.2) is 4.39 Å². The quantitative estimate of drug-likeness (QED) is 0.238. The average molecular weight is 523 g/mol. The van der Waals surface area contributed by atoms with Crippen molar-refractivity contribution < 1.29 is 28.6 Å². The van der Waals surface area contributed by atoms with Crippen LogP contribution in [0.5, 0.6) is 0 Å². The number of aliphatic hydroxyl groups is 1. The number of ether oxygens (including phenoxy) is 1. The van der Waals surface area contributed by atoms with Crippen molar-refractivity contribution in [3.05, 3.63) is 69.6 Å². The van der Waals surface area contributed by atoms with Crippen molar-refractivity contribution in [2.45, 2.75) is 104 Å². The Bertz CT molecular complexity index is 1220. The number of benzene rings is 1. The summed E-state index contributed by atoms with van der Waals surface area (Å²) in [6.07, 6.45) is 10.9. The molecule has 1 N–H and O–H groups in total. The second-order valence-corrected chi connectivity index (χ2v) is 11.7. The molecule has 0 amide bonds. The minimum Gasteiger partial charge on any atom is -0.504 e. The first-order valence-electron chi connectivity index (χ1n) is 14.1. The van der Waals surface area contributed by atoms with Gasteiger partial charge in [0.05, 0.1) is 5.57 Å². The lowest BCUT2D eigenvalue weighted by Crippen LogP contribution is -2.37. The molecular formula is C32H39FO5. The van der Waals surface area contributed by atoms with Crippen molar-refractivity contribution in [1.29, 1.82) is 0 Å². The molecule has 0 spiro atoms. The minimum atomic E-state index is -0.957. The van der Waals surface area contributed by atoms with Crippen molar-refractivity contribution in [2.24, 2.45) is 5.41 Å². The molecular weight excluding hydrogens is 483 g/mol. The molecule has 1 atom stereocenters. The number of hydrogen-bond acceptors (Lipinski definition) is 5. The van der Waals surface area contributed by atoms with Gasteiger partial charge in [0.1, 0.15) is 11.6 Å². The van der Waals surface area contributed by atoms with E-state index in [9.17, 15) is 23.9 Å². The maximum absolute atomic E-state index is 14.2. The summed E-state index contributed by atoms with van der Waals surface area (Å²) in [5.41, 5.74) is 0.295. The Morgan fingerprint density at radius 2 is 1.58 bits per heavy atom. The zero-order valence-corrected chi connectivity index (χ0v) is 22.8. The number of rotatable bonds is 11. The standard InChI is InChI=1S/C32H39FO5/c1-4-5-6-7-8-9-10-11-12-16-22-28(35)30(37)27-25(20-14-13-15-21(33)17-20)26-23(34)18-32(2,3)19-24(26)38-31(27)29(22)36/h13-15,17,25,35H,4-12,16,18-19H2,1-3H3. The van der Waals surface area contributed by atoms with E-state index in [-0.39, 0.29) is 46.5 Å². The largest absolute Gasteiger partial charge is 0.504 e. The smallest absolute Gasteiger partial charge is 0.228 e. The molecule has 0 radical (unpaired) electrons. The third-order valence-corrected chi connectivity index (χ3v) is 7.86. The Morgan fingerprint density at radius 3 is 2.24 bits per heavy atom. The molecule has 4 rings (SSSR count). The first-order chi connectivity index (χ1) is 18.1. The summed E-state index contributed by atoms with van der Waals surface area (Å²) in [4.78, 5) is 40.4. The van der Waals surface area contributed by atoms with Crippen LogP contribution in [-0.4, -0.2) is 22.5 Å². The number of halogens is 1. The maximum Gasteiger partial charge on any atom is 0.228 e. The van der Waals surface area contributed by atoms with Crippen LogP contribution in [0.4, 0.5) is 4.39 Å². The van der Waals surface area contributed by atoms with Crippen LogP contribution in [-0.2, 0) is 19.1 Å². The number of hydrogen-bond donors (Lipinski definition) is 1. The van der Waals surface area contributed by atoms with Crippen molar-refractivity contribution in [1.82, 2.24) is 0 Å². The summed E-state index contributed by atoms with van der Waals surface area (Å²) >= 11 is 0. The highest BCUT2D eigenvalue weighted by molar-refractivity contribution is 6.25. The van der Waals surface area contributed by atoms with E-state index in [1.165, 1.54) is 50.3 Å². The molecule has 0 aromatic heterocycles. The molecule has 1 aromatic carbocycles. The predicted octanol–water partition coefficient (Wildman–Crippen LogP) is 7.72. The van der Waals surface area contributed by atoms with Crippen LogP contribution >= 0.6 is 0 Å².